The van der Waals surface area contributed by atoms with Crippen molar-refractivity contribution >= 4 is 17.8 Å². The molecule has 0 bridgehead atoms. The van der Waals surface area contributed by atoms with Crippen molar-refractivity contribution in [2.75, 3.05) is 19.6 Å². The zero-order valence-corrected chi connectivity index (χ0v) is 14.9. The highest BCUT2D eigenvalue weighted by Gasteiger charge is 2.42. The summed E-state index contributed by atoms with van der Waals surface area (Å²) in [6, 6.07) is 1.31. The van der Waals surface area contributed by atoms with Crippen molar-refractivity contribution in [1.82, 2.24) is 9.80 Å². The Hall–Kier alpha value is -2.31. The number of aryl methyl sites for hydroxylation is 1. The molecule has 0 spiro atoms. The second-order valence-corrected chi connectivity index (χ2v) is 7.41. The number of carbonyl (C=O) groups is 3. The molecule has 7 nitrogen and oxygen atoms in total. The summed E-state index contributed by atoms with van der Waals surface area (Å²) in [7, 11) is 0. The van der Waals surface area contributed by atoms with E-state index in [2.05, 4.69) is 0 Å². The van der Waals surface area contributed by atoms with Crippen molar-refractivity contribution in [3.05, 3.63) is 23.2 Å². The number of hydrogen-bond donors (Lipinski definition) is 1. The van der Waals surface area contributed by atoms with Crippen LogP contribution < -0.4 is 0 Å². The van der Waals surface area contributed by atoms with Crippen LogP contribution in [0.5, 0.6) is 0 Å². The van der Waals surface area contributed by atoms with Gasteiger partial charge in [0.15, 0.2) is 5.76 Å². The van der Waals surface area contributed by atoms with E-state index in [1.54, 1.807) is 11.8 Å². The number of piperazine rings is 1. The molecule has 0 unspecified atom stereocenters. The van der Waals surface area contributed by atoms with E-state index in [-0.39, 0.29) is 29.1 Å². The van der Waals surface area contributed by atoms with Gasteiger partial charge < -0.3 is 19.3 Å². The largest absolute Gasteiger partial charge is 0.478 e. The monoisotopic (exact) mass is 348 g/mol. The van der Waals surface area contributed by atoms with Gasteiger partial charge in [0.05, 0.1) is 5.54 Å². The van der Waals surface area contributed by atoms with Crippen molar-refractivity contribution in [1.29, 1.82) is 0 Å². The normalized spacial score (nSPS) is 19.8. The van der Waals surface area contributed by atoms with Crippen molar-refractivity contribution in [3.8, 4) is 0 Å². The Morgan fingerprint density at radius 2 is 1.96 bits per heavy atom. The van der Waals surface area contributed by atoms with Crippen LogP contribution in [0.2, 0.25) is 0 Å². The molecule has 1 aliphatic carbocycles. The minimum absolute atomic E-state index is 0.0335. The maximum absolute atomic E-state index is 12.9. The van der Waals surface area contributed by atoms with Gasteiger partial charge in [-0.25, -0.2) is 4.79 Å². The molecule has 1 N–H and O–H groups in total. The van der Waals surface area contributed by atoms with Crippen molar-refractivity contribution in [3.63, 3.8) is 0 Å². The number of amides is 2. The van der Waals surface area contributed by atoms with Crippen LogP contribution in [0, 0.1) is 5.92 Å². The Morgan fingerprint density at radius 1 is 1.28 bits per heavy atom. The van der Waals surface area contributed by atoms with E-state index in [0.29, 0.717) is 31.8 Å². The maximum Gasteiger partial charge on any atom is 0.339 e. The molecule has 0 atom stereocenters. The third-order valence-electron chi connectivity index (χ3n) is 4.96. The molecule has 1 saturated heterocycles. The van der Waals surface area contributed by atoms with E-state index in [1.165, 1.54) is 6.07 Å². The molecule has 2 aliphatic rings. The molecule has 1 aromatic rings. The summed E-state index contributed by atoms with van der Waals surface area (Å²) in [5.74, 6) is -0.738. The van der Waals surface area contributed by atoms with Crippen LogP contribution in [0.3, 0.4) is 0 Å². The molecule has 25 heavy (non-hydrogen) atoms. The van der Waals surface area contributed by atoms with Crippen molar-refractivity contribution < 1.29 is 23.9 Å². The number of aromatic carboxylic acids is 1. The van der Waals surface area contributed by atoms with Gasteiger partial charge in [-0.15, -0.1) is 0 Å². The van der Waals surface area contributed by atoms with Gasteiger partial charge in [-0.05, 0) is 26.7 Å². The lowest BCUT2D eigenvalue weighted by Gasteiger charge is -2.46. The van der Waals surface area contributed by atoms with Crippen LogP contribution in [-0.2, 0) is 11.2 Å². The zero-order valence-electron chi connectivity index (χ0n) is 14.9. The minimum atomic E-state index is -1.10. The lowest BCUT2D eigenvalue weighted by molar-refractivity contribution is -0.136. The van der Waals surface area contributed by atoms with Crippen LogP contribution in [-0.4, -0.2) is 57.9 Å². The summed E-state index contributed by atoms with van der Waals surface area (Å²) in [5.41, 5.74) is -0.506. The minimum Gasteiger partial charge on any atom is -0.478 e. The first-order valence-electron chi connectivity index (χ1n) is 8.71. The smallest absolute Gasteiger partial charge is 0.339 e. The number of nitrogens with zero attached hydrogens (tertiary/aromatic N) is 2. The van der Waals surface area contributed by atoms with Crippen LogP contribution in [0.25, 0.3) is 0 Å². The summed E-state index contributed by atoms with van der Waals surface area (Å²) < 4.78 is 5.50. The highest BCUT2D eigenvalue weighted by atomic mass is 16.4. The molecule has 2 fully saturated rings. The summed E-state index contributed by atoms with van der Waals surface area (Å²) in [4.78, 5) is 40.0. The number of rotatable bonds is 4. The van der Waals surface area contributed by atoms with E-state index in [4.69, 9.17) is 4.42 Å². The Kier molecular flexibility index (Phi) is 4.34. The second kappa shape index (κ2) is 6.20. The number of carboxylic acids is 1. The molecule has 1 aliphatic heterocycles. The lowest BCUT2D eigenvalue weighted by atomic mass is 9.97. The van der Waals surface area contributed by atoms with Gasteiger partial charge in [-0.2, -0.15) is 0 Å². The van der Waals surface area contributed by atoms with Crippen LogP contribution in [0.15, 0.2) is 10.5 Å². The number of hydrogen-bond acceptors (Lipinski definition) is 4. The van der Waals surface area contributed by atoms with Crippen molar-refractivity contribution in [2.24, 2.45) is 5.92 Å². The van der Waals surface area contributed by atoms with Gasteiger partial charge in [0, 0.05) is 38.0 Å². The average Bonchev–Trinajstić information content (AvgIpc) is 3.30. The Morgan fingerprint density at radius 3 is 2.44 bits per heavy atom. The Bertz CT molecular complexity index is 717. The van der Waals surface area contributed by atoms with Gasteiger partial charge in [-0.3, -0.25) is 9.59 Å². The van der Waals surface area contributed by atoms with Gasteiger partial charge >= 0.3 is 5.97 Å². The molecular weight excluding hydrogens is 324 g/mol. The van der Waals surface area contributed by atoms with E-state index in [9.17, 15) is 19.5 Å². The molecule has 0 aromatic carbocycles. The topological polar surface area (TPSA) is 91.1 Å². The lowest BCUT2D eigenvalue weighted by Crippen LogP contribution is -2.62. The third-order valence-corrected chi connectivity index (χ3v) is 4.96. The molecular formula is C18H24N2O5. The fourth-order valence-corrected chi connectivity index (χ4v) is 3.42. The van der Waals surface area contributed by atoms with Gasteiger partial charge in [-0.1, -0.05) is 6.92 Å². The first-order valence-corrected chi connectivity index (χ1v) is 8.71. The predicted molar refractivity (Wildman–Crippen MR) is 89.5 cm³/mol. The van der Waals surface area contributed by atoms with Crippen molar-refractivity contribution in [2.45, 2.75) is 45.6 Å². The summed E-state index contributed by atoms with van der Waals surface area (Å²) in [6.45, 7) is 7.00. The van der Waals surface area contributed by atoms with E-state index in [1.807, 2.05) is 18.7 Å². The fourth-order valence-electron chi connectivity index (χ4n) is 3.42. The number of furan rings is 1. The molecule has 0 radical (unpaired) electrons. The first kappa shape index (κ1) is 17.5. The Balaban J connectivity index is 1.78. The third kappa shape index (κ3) is 3.27. The molecule has 136 valence electrons. The standard InChI is InChI=1S/C18H24N2O5/c1-4-13-12(17(23)24)9-14(25-13)16(22)20-8-7-19(10-18(20,2)3)15(21)11-5-6-11/h9,11H,4-8,10H2,1-3H3,(H,23,24). The summed E-state index contributed by atoms with van der Waals surface area (Å²) >= 11 is 0. The van der Waals surface area contributed by atoms with Gasteiger partial charge in [0.2, 0.25) is 5.91 Å². The average molecular weight is 348 g/mol. The molecule has 2 heterocycles. The molecule has 7 heteroatoms. The van der Waals surface area contributed by atoms with E-state index >= 15 is 0 Å². The second-order valence-electron chi connectivity index (χ2n) is 7.41. The van der Waals surface area contributed by atoms with Crippen LogP contribution in [0.4, 0.5) is 0 Å². The SMILES string of the molecule is CCc1oc(C(=O)N2CCN(C(=O)C3CC3)CC2(C)C)cc1C(=O)O. The molecule has 1 saturated carbocycles. The summed E-state index contributed by atoms with van der Waals surface area (Å²) in [6.07, 6.45) is 2.33. The van der Waals surface area contributed by atoms with E-state index < -0.39 is 11.5 Å². The zero-order chi connectivity index (χ0) is 18.4. The fraction of sp³-hybridized carbons (Fsp3) is 0.611. The van der Waals surface area contributed by atoms with Gasteiger partial charge in [0.1, 0.15) is 11.3 Å². The van der Waals surface area contributed by atoms with Crippen LogP contribution >= 0.6 is 0 Å². The molecule has 1 aromatic heterocycles. The quantitative estimate of drug-likeness (QED) is 0.899. The summed E-state index contributed by atoms with van der Waals surface area (Å²) in [5, 5.41) is 9.23. The van der Waals surface area contributed by atoms with Gasteiger partial charge in [0.25, 0.3) is 5.91 Å². The van der Waals surface area contributed by atoms with Crippen LogP contribution in [0.1, 0.15) is 60.3 Å². The predicted octanol–water partition coefficient (Wildman–Crippen LogP) is 2.01. The maximum atomic E-state index is 12.9. The molecule has 3 rings (SSSR count). The highest BCUT2D eigenvalue weighted by molar-refractivity contribution is 5.97. The highest BCUT2D eigenvalue weighted by Crippen LogP contribution is 2.33. The van der Waals surface area contributed by atoms with E-state index in [0.717, 1.165) is 12.8 Å². The number of carbonyl (C=O) groups excluding carboxylic acids is 2. The Labute approximate surface area is 146 Å². The first-order chi connectivity index (χ1) is 11.7. The number of carboxylic acid groups (broad SMARTS) is 1. The molecule has 2 amide bonds.